The molecular weight excluding hydrogens is 291 g/mol. The first kappa shape index (κ1) is 14.7. The van der Waals surface area contributed by atoms with Crippen molar-refractivity contribution in [2.24, 2.45) is 0 Å². The minimum absolute atomic E-state index is 0.171. The van der Waals surface area contributed by atoms with E-state index in [-0.39, 0.29) is 5.75 Å². The van der Waals surface area contributed by atoms with E-state index in [0.717, 1.165) is 10.9 Å². The fourth-order valence-corrected chi connectivity index (χ4v) is 2.32. The summed E-state index contributed by atoms with van der Waals surface area (Å²) in [6.45, 7) is 0. The van der Waals surface area contributed by atoms with Gasteiger partial charge in [-0.1, -0.05) is 30.3 Å². The maximum atomic E-state index is 13.8. The normalized spacial score (nSPS) is 11.3. The van der Waals surface area contributed by atoms with Crippen molar-refractivity contribution < 1.29 is 9.13 Å². The third kappa shape index (κ3) is 3.04. The van der Waals surface area contributed by atoms with Gasteiger partial charge in [-0.2, -0.15) is 5.26 Å². The smallest absolute Gasteiger partial charge is 0.165 e. The Hall–Kier alpha value is -3.19. The predicted octanol–water partition coefficient (Wildman–Crippen LogP) is 4.45. The fourth-order valence-electron chi connectivity index (χ4n) is 2.32. The molecule has 0 N–H and O–H groups in total. The minimum atomic E-state index is -0.468. The molecule has 0 spiro atoms. The average Bonchev–Trinajstić information content (AvgIpc) is 2.59. The summed E-state index contributed by atoms with van der Waals surface area (Å²) in [6.07, 6.45) is 1.61. The average molecular weight is 304 g/mol. The number of methoxy groups -OCH3 is 1. The van der Waals surface area contributed by atoms with Gasteiger partial charge in [0, 0.05) is 5.39 Å². The molecule has 23 heavy (non-hydrogen) atoms. The van der Waals surface area contributed by atoms with Crippen molar-refractivity contribution in [2.75, 3.05) is 7.11 Å². The molecule has 0 radical (unpaired) electrons. The van der Waals surface area contributed by atoms with Gasteiger partial charge in [0.25, 0.3) is 0 Å². The van der Waals surface area contributed by atoms with E-state index >= 15 is 0 Å². The standard InChI is InChI=1S/C19H13FN2O/c1-23-19-9-6-13(11-16(19)20)10-15(12-21)18-8-7-14-4-2-3-5-17(14)22-18/h2-11H,1H3. The number of rotatable bonds is 3. The second kappa shape index (κ2) is 6.29. The molecule has 0 aliphatic carbocycles. The molecular formula is C19H13FN2O. The molecule has 0 aliphatic rings. The summed E-state index contributed by atoms with van der Waals surface area (Å²) in [5.74, 6) is -0.297. The van der Waals surface area contributed by atoms with Gasteiger partial charge in [-0.25, -0.2) is 9.37 Å². The number of para-hydroxylation sites is 1. The summed E-state index contributed by atoms with van der Waals surface area (Å²) in [7, 11) is 1.41. The number of allylic oxidation sites excluding steroid dienone is 1. The van der Waals surface area contributed by atoms with Crippen LogP contribution >= 0.6 is 0 Å². The summed E-state index contributed by atoms with van der Waals surface area (Å²) < 4.78 is 18.7. The van der Waals surface area contributed by atoms with Crippen LogP contribution in [-0.4, -0.2) is 12.1 Å². The lowest BCUT2D eigenvalue weighted by atomic mass is 10.1. The van der Waals surface area contributed by atoms with Crippen LogP contribution in [0.5, 0.6) is 5.75 Å². The zero-order valence-electron chi connectivity index (χ0n) is 12.5. The molecule has 1 aromatic heterocycles. The molecule has 3 rings (SSSR count). The van der Waals surface area contributed by atoms with E-state index in [9.17, 15) is 9.65 Å². The Balaban J connectivity index is 2.04. The third-order valence-electron chi connectivity index (χ3n) is 3.48. The number of hydrogen-bond donors (Lipinski definition) is 0. The van der Waals surface area contributed by atoms with Crippen molar-refractivity contribution in [3.05, 3.63) is 71.7 Å². The Morgan fingerprint density at radius 3 is 2.74 bits per heavy atom. The van der Waals surface area contributed by atoms with Crippen LogP contribution in [0, 0.1) is 17.1 Å². The molecule has 0 saturated heterocycles. The van der Waals surface area contributed by atoms with Gasteiger partial charge in [-0.05, 0) is 35.9 Å². The highest BCUT2D eigenvalue weighted by atomic mass is 19.1. The number of nitriles is 1. The zero-order valence-corrected chi connectivity index (χ0v) is 12.5. The number of halogens is 1. The van der Waals surface area contributed by atoms with Crippen molar-refractivity contribution in [3.63, 3.8) is 0 Å². The number of fused-ring (bicyclic) bond motifs is 1. The SMILES string of the molecule is COc1ccc(C=C(C#N)c2ccc3ccccc3n2)cc1F. The van der Waals surface area contributed by atoms with Crippen LogP contribution in [0.3, 0.4) is 0 Å². The number of ether oxygens (including phenoxy) is 1. The summed E-state index contributed by atoms with van der Waals surface area (Å²) in [4.78, 5) is 4.49. The Bertz CT molecular complexity index is 941. The summed E-state index contributed by atoms with van der Waals surface area (Å²) >= 11 is 0. The van der Waals surface area contributed by atoms with Gasteiger partial charge in [-0.15, -0.1) is 0 Å². The van der Waals surface area contributed by atoms with Crippen LogP contribution in [-0.2, 0) is 0 Å². The van der Waals surface area contributed by atoms with E-state index in [1.54, 1.807) is 18.2 Å². The van der Waals surface area contributed by atoms with Gasteiger partial charge in [0.15, 0.2) is 11.6 Å². The van der Waals surface area contributed by atoms with Crippen LogP contribution in [0.1, 0.15) is 11.3 Å². The Morgan fingerprint density at radius 2 is 2.00 bits per heavy atom. The molecule has 112 valence electrons. The summed E-state index contributed by atoms with van der Waals surface area (Å²) in [5, 5.41) is 10.4. The van der Waals surface area contributed by atoms with Gasteiger partial charge in [-0.3, -0.25) is 0 Å². The van der Waals surface area contributed by atoms with Crippen LogP contribution in [0.15, 0.2) is 54.6 Å². The van der Waals surface area contributed by atoms with Gasteiger partial charge in [0.1, 0.15) is 6.07 Å². The van der Waals surface area contributed by atoms with Crippen molar-refractivity contribution in [1.29, 1.82) is 5.26 Å². The molecule has 0 saturated carbocycles. The molecule has 1 heterocycles. The molecule has 4 heteroatoms. The van der Waals surface area contributed by atoms with E-state index in [1.165, 1.54) is 19.2 Å². The monoisotopic (exact) mass is 304 g/mol. The Labute approximate surface area is 133 Å². The molecule has 0 fully saturated rings. The maximum absolute atomic E-state index is 13.8. The number of hydrogen-bond acceptors (Lipinski definition) is 3. The molecule has 0 aliphatic heterocycles. The second-order valence-electron chi connectivity index (χ2n) is 4.95. The highest BCUT2D eigenvalue weighted by molar-refractivity contribution is 5.90. The summed E-state index contributed by atoms with van der Waals surface area (Å²) in [6, 6.07) is 18.1. The maximum Gasteiger partial charge on any atom is 0.165 e. The zero-order chi connectivity index (χ0) is 16.2. The second-order valence-corrected chi connectivity index (χ2v) is 4.95. The van der Waals surface area contributed by atoms with E-state index in [0.29, 0.717) is 16.8 Å². The van der Waals surface area contributed by atoms with Crippen LogP contribution < -0.4 is 4.74 Å². The molecule has 2 aromatic carbocycles. The molecule has 3 aromatic rings. The van der Waals surface area contributed by atoms with E-state index < -0.39 is 5.82 Å². The van der Waals surface area contributed by atoms with Crippen molar-refractivity contribution in [3.8, 4) is 11.8 Å². The quantitative estimate of drug-likeness (QED) is 0.672. The molecule has 3 nitrogen and oxygen atoms in total. The lowest BCUT2D eigenvalue weighted by Crippen LogP contribution is -1.90. The van der Waals surface area contributed by atoms with Crippen LogP contribution in [0.25, 0.3) is 22.6 Å². The minimum Gasteiger partial charge on any atom is -0.494 e. The molecule has 0 atom stereocenters. The number of benzene rings is 2. The summed E-state index contributed by atoms with van der Waals surface area (Å²) in [5.41, 5.74) is 2.32. The number of nitrogens with zero attached hydrogens (tertiary/aromatic N) is 2. The number of aromatic nitrogens is 1. The first-order valence-corrected chi connectivity index (χ1v) is 7.03. The van der Waals surface area contributed by atoms with Crippen molar-refractivity contribution in [2.45, 2.75) is 0 Å². The van der Waals surface area contributed by atoms with Gasteiger partial charge >= 0.3 is 0 Å². The fraction of sp³-hybridized carbons (Fsp3) is 0.0526. The van der Waals surface area contributed by atoms with Gasteiger partial charge < -0.3 is 4.74 Å². The highest BCUT2D eigenvalue weighted by Crippen LogP contribution is 2.23. The first-order chi connectivity index (χ1) is 11.2. The van der Waals surface area contributed by atoms with E-state index in [4.69, 9.17) is 4.74 Å². The largest absolute Gasteiger partial charge is 0.494 e. The Morgan fingerprint density at radius 1 is 1.17 bits per heavy atom. The molecule has 0 amide bonds. The predicted molar refractivity (Wildman–Crippen MR) is 88.2 cm³/mol. The number of pyridine rings is 1. The lowest BCUT2D eigenvalue weighted by Gasteiger charge is -2.04. The Kier molecular flexibility index (Phi) is 4.03. The van der Waals surface area contributed by atoms with E-state index in [2.05, 4.69) is 11.1 Å². The van der Waals surface area contributed by atoms with Crippen molar-refractivity contribution in [1.82, 2.24) is 4.98 Å². The first-order valence-electron chi connectivity index (χ1n) is 7.03. The van der Waals surface area contributed by atoms with Crippen molar-refractivity contribution >= 4 is 22.6 Å². The van der Waals surface area contributed by atoms with Crippen LogP contribution in [0.2, 0.25) is 0 Å². The highest BCUT2D eigenvalue weighted by Gasteiger charge is 2.07. The lowest BCUT2D eigenvalue weighted by molar-refractivity contribution is 0.386. The van der Waals surface area contributed by atoms with E-state index in [1.807, 2.05) is 30.3 Å². The molecule has 0 bridgehead atoms. The van der Waals surface area contributed by atoms with Gasteiger partial charge in [0.2, 0.25) is 0 Å². The molecule has 0 unspecified atom stereocenters. The topological polar surface area (TPSA) is 45.9 Å². The van der Waals surface area contributed by atoms with Crippen LogP contribution in [0.4, 0.5) is 4.39 Å². The third-order valence-corrected chi connectivity index (χ3v) is 3.48. The van der Waals surface area contributed by atoms with Gasteiger partial charge in [0.05, 0.1) is 23.9 Å².